The zero-order valence-corrected chi connectivity index (χ0v) is 15.0. The molecule has 28 heavy (non-hydrogen) atoms. The average Bonchev–Trinajstić information content (AvgIpc) is 2.68. The van der Waals surface area contributed by atoms with E-state index in [1.165, 1.54) is 24.4 Å². The average molecular weight is 385 g/mol. The molecule has 0 radical (unpaired) electrons. The molecule has 0 saturated heterocycles. The highest BCUT2D eigenvalue weighted by Crippen LogP contribution is 2.34. The zero-order chi connectivity index (χ0) is 20.1. The van der Waals surface area contributed by atoms with Crippen molar-refractivity contribution in [2.75, 3.05) is 10.6 Å². The van der Waals surface area contributed by atoms with Crippen LogP contribution in [-0.4, -0.2) is 10.9 Å². The smallest absolute Gasteiger partial charge is 0.354 e. The first kappa shape index (κ1) is 19.4. The quantitative estimate of drug-likeness (QED) is 0.596. The Morgan fingerprint density at radius 2 is 1.68 bits per heavy atom. The van der Waals surface area contributed by atoms with Gasteiger partial charge in [-0.3, -0.25) is 9.78 Å². The number of nitrogens with one attached hydrogen (secondary N) is 2. The Morgan fingerprint density at radius 3 is 2.39 bits per heavy atom. The van der Waals surface area contributed by atoms with Gasteiger partial charge in [-0.2, -0.15) is 13.2 Å². The summed E-state index contributed by atoms with van der Waals surface area (Å²) in [5.41, 5.74) is 1.49. The van der Waals surface area contributed by atoms with E-state index in [9.17, 15) is 18.0 Å². The molecule has 2 N–H and O–H groups in total. The molecule has 3 aromatic rings. The molecular formula is C21H18F3N3O. The number of rotatable bonds is 5. The largest absolute Gasteiger partial charge is 0.418 e. The minimum absolute atomic E-state index is 0.149. The van der Waals surface area contributed by atoms with E-state index in [1.54, 1.807) is 12.3 Å². The van der Waals surface area contributed by atoms with Crippen molar-refractivity contribution in [3.63, 3.8) is 0 Å². The SMILES string of the molecule is CCc1ccccc1Nc1cncc(C(=O)Nc2ccccc2C(F)(F)F)c1. The van der Waals surface area contributed by atoms with Crippen LogP contribution in [0.15, 0.2) is 67.0 Å². The molecular weight excluding hydrogens is 367 g/mol. The molecule has 1 heterocycles. The predicted molar refractivity (Wildman–Crippen MR) is 103 cm³/mol. The van der Waals surface area contributed by atoms with Crippen LogP contribution < -0.4 is 10.6 Å². The van der Waals surface area contributed by atoms with E-state index in [0.717, 1.165) is 23.7 Å². The number of aryl methyl sites for hydroxylation is 1. The molecule has 0 bridgehead atoms. The van der Waals surface area contributed by atoms with E-state index in [1.807, 2.05) is 31.2 Å². The van der Waals surface area contributed by atoms with Crippen LogP contribution >= 0.6 is 0 Å². The first-order chi connectivity index (χ1) is 13.4. The number of benzene rings is 2. The second kappa shape index (κ2) is 8.12. The molecule has 0 fully saturated rings. The van der Waals surface area contributed by atoms with Gasteiger partial charge in [0.2, 0.25) is 0 Å². The van der Waals surface area contributed by atoms with Crippen LogP contribution in [0.4, 0.5) is 30.2 Å². The summed E-state index contributed by atoms with van der Waals surface area (Å²) in [6.45, 7) is 2.03. The minimum atomic E-state index is -4.56. The lowest BCUT2D eigenvalue weighted by Crippen LogP contribution is -2.17. The molecule has 2 aromatic carbocycles. The van der Waals surface area contributed by atoms with Crippen molar-refractivity contribution < 1.29 is 18.0 Å². The Kier molecular flexibility index (Phi) is 5.63. The summed E-state index contributed by atoms with van der Waals surface area (Å²) in [5.74, 6) is -0.670. The molecule has 1 amide bonds. The van der Waals surface area contributed by atoms with Crippen LogP contribution in [0.25, 0.3) is 0 Å². The number of amides is 1. The summed E-state index contributed by atoms with van der Waals surface area (Å²) in [5, 5.41) is 5.52. The monoisotopic (exact) mass is 385 g/mol. The predicted octanol–water partition coefficient (Wildman–Crippen LogP) is 5.66. The van der Waals surface area contributed by atoms with Crippen molar-refractivity contribution >= 4 is 23.0 Å². The topological polar surface area (TPSA) is 54.0 Å². The fourth-order valence-electron chi connectivity index (χ4n) is 2.77. The highest BCUT2D eigenvalue weighted by Gasteiger charge is 2.33. The molecule has 0 aliphatic carbocycles. The number of anilines is 3. The maximum Gasteiger partial charge on any atom is 0.418 e. The van der Waals surface area contributed by atoms with Crippen LogP contribution in [-0.2, 0) is 12.6 Å². The molecule has 1 aromatic heterocycles. The van der Waals surface area contributed by atoms with Crippen LogP contribution in [0.3, 0.4) is 0 Å². The summed E-state index contributed by atoms with van der Waals surface area (Å²) in [6.07, 6.45) is -0.879. The van der Waals surface area contributed by atoms with E-state index >= 15 is 0 Å². The first-order valence-corrected chi connectivity index (χ1v) is 8.66. The normalized spacial score (nSPS) is 11.1. The Labute approximate surface area is 160 Å². The molecule has 0 aliphatic heterocycles. The number of hydrogen-bond donors (Lipinski definition) is 2. The first-order valence-electron chi connectivity index (χ1n) is 8.66. The van der Waals surface area contributed by atoms with Crippen molar-refractivity contribution in [1.29, 1.82) is 0 Å². The number of carbonyl (C=O) groups is 1. The van der Waals surface area contributed by atoms with Crippen molar-refractivity contribution in [3.8, 4) is 0 Å². The minimum Gasteiger partial charge on any atom is -0.354 e. The van der Waals surface area contributed by atoms with E-state index in [-0.39, 0.29) is 11.3 Å². The van der Waals surface area contributed by atoms with E-state index < -0.39 is 17.6 Å². The number of hydrogen-bond acceptors (Lipinski definition) is 3. The maximum atomic E-state index is 13.1. The van der Waals surface area contributed by atoms with E-state index in [2.05, 4.69) is 15.6 Å². The van der Waals surface area contributed by atoms with Crippen LogP contribution in [0.2, 0.25) is 0 Å². The Balaban J connectivity index is 1.82. The highest BCUT2D eigenvalue weighted by molar-refractivity contribution is 6.05. The molecule has 4 nitrogen and oxygen atoms in total. The number of pyridine rings is 1. The van der Waals surface area contributed by atoms with Crippen molar-refractivity contribution in [3.05, 3.63) is 83.7 Å². The van der Waals surface area contributed by atoms with Crippen LogP contribution in [0.1, 0.15) is 28.4 Å². The summed E-state index contributed by atoms with van der Waals surface area (Å²) in [4.78, 5) is 16.5. The molecule has 0 aliphatic rings. The summed E-state index contributed by atoms with van der Waals surface area (Å²) >= 11 is 0. The number of nitrogens with zero attached hydrogens (tertiary/aromatic N) is 1. The second-order valence-electron chi connectivity index (χ2n) is 6.10. The van der Waals surface area contributed by atoms with Gasteiger partial charge in [0.05, 0.1) is 28.7 Å². The second-order valence-corrected chi connectivity index (χ2v) is 6.10. The fourth-order valence-corrected chi connectivity index (χ4v) is 2.77. The van der Waals surface area contributed by atoms with Gasteiger partial charge in [0.15, 0.2) is 0 Å². The third-order valence-corrected chi connectivity index (χ3v) is 4.16. The van der Waals surface area contributed by atoms with Gasteiger partial charge in [-0.25, -0.2) is 0 Å². The van der Waals surface area contributed by atoms with Crippen molar-refractivity contribution in [2.24, 2.45) is 0 Å². The highest BCUT2D eigenvalue weighted by atomic mass is 19.4. The summed E-state index contributed by atoms with van der Waals surface area (Å²) < 4.78 is 39.3. The molecule has 0 saturated carbocycles. The number of aromatic nitrogens is 1. The number of alkyl halides is 3. The van der Waals surface area contributed by atoms with Crippen LogP contribution in [0, 0.1) is 0 Å². The third-order valence-electron chi connectivity index (χ3n) is 4.16. The third kappa shape index (κ3) is 4.49. The Bertz CT molecular complexity index is 986. The van der Waals surface area contributed by atoms with Gasteiger partial charge in [-0.05, 0) is 36.2 Å². The summed E-state index contributed by atoms with van der Waals surface area (Å²) in [7, 11) is 0. The van der Waals surface area contributed by atoms with E-state index in [0.29, 0.717) is 5.69 Å². The zero-order valence-electron chi connectivity index (χ0n) is 15.0. The van der Waals surface area contributed by atoms with Gasteiger partial charge in [0.1, 0.15) is 0 Å². The van der Waals surface area contributed by atoms with Gasteiger partial charge in [0.25, 0.3) is 5.91 Å². The lowest BCUT2D eigenvalue weighted by Gasteiger charge is -2.14. The molecule has 7 heteroatoms. The molecule has 3 rings (SSSR count). The van der Waals surface area contributed by atoms with Gasteiger partial charge in [0, 0.05) is 11.9 Å². The molecule has 0 spiro atoms. The lowest BCUT2D eigenvalue weighted by molar-refractivity contribution is -0.136. The fraction of sp³-hybridized carbons (Fsp3) is 0.143. The van der Waals surface area contributed by atoms with Crippen molar-refractivity contribution in [2.45, 2.75) is 19.5 Å². The van der Waals surface area contributed by atoms with Gasteiger partial charge < -0.3 is 10.6 Å². The molecule has 144 valence electrons. The Morgan fingerprint density at radius 1 is 1.00 bits per heavy atom. The number of halogens is 3. The maximum absolute atomic E-state index is 13.1. The van der Waals surface area contributed by atoms with Crippen LogP contribution in [0.5, 0.6) is 0 Å². The standard InChI is InChI=1S/C21H18F3N3O/c1-2-14-7-3-5-9-18(14)26-16-11-15(12-25-13-16)20(28)27-19-10-6-4-8-17(19)21(22,23)24/h3-13,26H,2H2,1H3,(H,27,28). The molecule has 0 unspecified atom stereocenters. The van der Waals surface area contributed by atoms with Crippen molar-refractivity contribution in [1.82, 2.24) is 4.98 Å². The van der Waals surface area contributed by atoms with Gasteiger partial charge >= 0.3 is 6.18 Å². The van der Waals surface area contributed by atoms with Gasteiger partial charge in [-0.15, -0.1) is 0 Å². The lowest BCUT2D eigenvalue weighted by atomic mass is 10.1. The Hall–Kier alpha value is -3.35. The van der Waals surface area contributed by atoms with Gasteiger partial charge in [-0.1, -0.05) is 37.3 Å². The summed E-state index contributed by atoms with van der Waals surface area (Å²) in [6, 6.07) is 14.1. The number of carbonyl (C=O) groups excluding carboxylic acids is 1. The van der Waals surface area contributed by atoms with E-state index in [4.69, 9.17) is 0 Å². The molecule has 0 atom stereocenters. The number of para-hydroxylation sites is 2.